The molecule has 2 rings (SSSR count). The summed E-state index contributed by atoms with van der Waals surface area (Å²) < 4.78 is 5.13. The fourth-order valence-corrected chi connectivity index (χ4v) is 1.40. The molecule has 0 atom stereocenters. The van der Waals surface area contributed by atoms with Crippen LogP contribution in [0.15, 0.2) is 39.2 Å². The van der Waals surface area contributed by atoms with Crippen molar-refractivity contribution < 1.29 is 9.52 Å². The van der Waals surface area contributed by atoms with E-state index < -0.39 is 11.0 Å². The van der Waals surface area contributed by atoms with Crippen LogP contribution in [0.3, 0.4) is 0 Å². The van der Waals surface area contributed by atoms with Crippen LogP contribution >= 0.6 is 0 Å². The van der Waals surface area contributed by atoms with E-state index in [9.17, 15) is 9.90 Å². The summed E-state index contributed by atoms with van der Waals surface area (Å²) in [6.45, 7) is 5.55. The lowest BCUT2D eigenvalue weighted by molar-refractivity contribution is 0.282. The van der Waals surface area contributed by atoms with Crippen LogP contribution in [0.4, 0.5) is 0 Å². The minimum absolute atomic E-state index is 0.0950. The number of hydrogen-bond acceptors (Lipinski definition) is 4. The van der Waals surface area contributed by atoms with Crippen LogP contribution in [-0.4, -0.2) is 10.1 Å². The average Bonchev–Trinajstić information content (AvgIpc) is 2.28. The molecule has 0 saturated carbocycles. The Morgan fingerprint density at radius 3 is 2.67 bits per heavy atom. The van der Waals surface area contributed by atoms with E-state index >= 15 is 0 Å². The van der Waals surface area contributed by atoms with Crippen LogP contribution in [0.5, 0.6) is 0 Å². The molecule has 0 saturated heterocycles. The van der Waals surface area contributed by atoms with Gasteiger partial charge in [0.05, 0.1) is 5.76 Å². The normalized spacial score (nSPS) is 12.9. The molecular formula is C14H15NO3. The first kappa shape index (κ1) is 12.4. The SMILES string of the molecule is CC(C)(C)/C(O)=C/c1nc2ccccc2oc1=O. The van der Waals surface area contributed by atoms with Gasteiger partial charge < -0.3 is 9.52 Å². The van der Waals surface area contributed by atoms with Gasteiger partial charge in [0.1, 0.15) is 5.52 Å². The zero-order valence-corrected chi connectivity index (χ0v) is 10.6. The highest BCUT2D eigenvalue weighted by molar-refractivity contribution is 5.72. The fourth-order valence-electron chi connectivity index (χ4n) is 1.40. The monoisotopic (exact) mass is 245 g/mol. The van der Waals surface area contributed by atoms with Gasteiger partial charge >= 0.3 is 5.63 Å². The van der Waals surface area contributed by atoms with Crippen LogP contribution in [0, 0.1) is 5.41 Å². The largest absolute Gasteiger partial charge is 0.512 e. The van der Waals surface area contributed by atoms with Crippen molar-refractivity contribution >= 4 is 17.2 Å². The molecule has 0 bridgehead atoms. The number of hydrogen-bond donors (Lipinski definition) is 1. The van der Waals surface area contributed by atoms with E-state index in [4.69, 9.17) is 4.42 Å². The van der Waals surface area contributed by atoms with E-state index in [2.05, 4.69) is 4.98 Å². The molecule has 4 nitrogen and oxygen atoms in total. The molecule has 1 aromatic carbocycles. The van der Waals surface area contributed by atoms with Gasteiger partial charge in [0, 0.05) is 11.5 Å². The van der Waals surface area contributed by atoms with Crippen molar-refractivity contribution in [3.63, 3.8) is 0 Å². The standard InChI is InChI=1S/C14H15NO3/c1-14(2,3)12(16)8-10-13(17)18-11-7-5-4-6-9(11)15-10/h4-8,16H,1-3H3/b12-8-. The number of aliphatic hydroxyl groups excluding tert-OH is 1. The van der Waals surface area contributed by atoms with Crippen molar-refractivity contribution in [2.45, 2.75) is 20.8 Å². The minimum Gasteiger partial charge on any atom is -0.512 e. The van der Waals surface area contributed by atoms with Gasteiger partial charge in [-0.1, -0.05) is 32.9 Å². The molecule has 0 aliphatic carbocycles. The number of rotatable bonds is 1. The summed E-state index contributed by atoms with van der Waals surface area (Å²) in [6.07, 6.45) is 1.36. The lowest BCUT2D eigenvalue weighted by atomic mass is 9.93. The summed E-state index contributed by atoms with van der Waals surface area (Å²) in [4.78, 5) is 15.9. The lowest BCUT2D eigenvalue weighted by Gasteiger charge is -2.16. The van der Waals surface area contributed by atoms with Crippen molar-refractivity contribution in [2.24, 2.45) is 5.41 Å². The molecule has 1 aromatic heterocycles. The summed E-state index contributed by atoms with van der Waals surface area (Å²) in [6, 6.07) is 7.02. The lowest BCUT2D eigenvalue weighted by Crippen LogP contribution is -2.12. The maximum Gasteiger partial charge on any atom is 0.362 e. The minimum atomic E-state index is -0.551. The molecular weight excluding hydrogens is 230 g/mol. The summed E-state index contributed by atoms with van der Waals surface area (Å²) in [7, 11) is 0. The predicted octanol–water partition coefficient (Wildman–Crippen LogP) is 3.13. The Balaban J connectivity index is 2.59. The van der Waals surface area contributed by atoms with Crippen LogP contribution in [0.1, 0.15) is 26.5 Å². The van der Waals surface area contributed by atoms with Gasteiger partial charge in [0.25, 0.3) is 0 Å². The molecule has 4 heteroatoms. The van der Waals surface area contributed by atoms with Gasteiger partial charge in [-0.05, 0) is 12.1 Å². The van der Waals surface area contributed by atoms with Crippen molar-refractivity contribution in [3.8, 4) is 0 Å². The highest BCUT2D eigenvalue weighted by Gasteiger charge is 2.17. The van der Waals surface area contributed by atoms with Crippen LogP contribution in [0.25, 0.3) is 17.2 Å². The number of aliphatic hydroxyl groups is 1. The second kappa shape index (κ2) is 4.29. The number of nitrogens with zero attached hydrogens (tertiary/aromatic N) is 1. The van der Waals surface area contributed by atoms with Crippen LogP contribution < -0.4 is 5.63 Å². The molecule has 0 unspecified atom stereocenters. The van der Waals surface area contributed by atoms with E-state index in [1.165, 1.54) is 6.08 Å². The summed E-state index contributed by atoms with van der Waals surface area (Å²) in [5, 5.41) is 9.88. The van der Waals surface area contributed by atoms with E-state index in [-0.39, 0.29) is 11.5 Å². The van der Waals surface area contributed by atoms with Gasteiger partial charge in [-0.25, -0.2) is 9.78 Å². The third kappa shape index (κ3) is 2.42. The second-order valence-electron chi connectivity index (χ2n) is 5.13. The maximum atomic E-state index is 11.7. The Hall–Kier alpha value is -2.10. The first-order valence-electron chi connectivity index (χ1n) is 5.69. The zero-order valence-electron chi connectivity index (χ0n) is 10.6. The van der Waals surface area contributed by atoms with Gasteiger partial charge in [0.15, 0.2) is 11.3 Å². The van der Waals surface area contributed by atoms with Crippen molar-refractivity contribution in [3.05, 3.63) is 46.1 Å². The number of allylic oxidation sites excluding steroid dienone is 1. The fraction of sp³-hybridized carbons (Fsp3) is 0.286. The van der Waals surface area contributed by atoms with Crippen LogP contribution in [0.2, 0.25) is 0 Å². The number of para-hydroxylation sites is 2. The van der Waals surface area contributed by atoms with E-state index in [0.29, 0.717) is 11.1 Å². The Bertz CT molecular complexity index is 663. The van der Waals surface area contributed by atoms with Crippen molar-refractivity contribution in [1.82, 2.24) is 4.98 Å². The molecule has 0 spiro atoms. The predicted molar refractivity (Wildman–Crippen MR) is 70.3 cm³/mol. The summed E-state index contributed by atoms with van der Waals surface area (Å²) in [5.41, 5.74) is 0.158. The van der Waals surface area contributed by atoms with Gasteiger partial charge in [-0.3, -0.25) is 0 Å². The second-order valence-corrected chi connectivity index (χ2v) is 5.13. The van der Waals surface area contributed by atoms with Crippen LogP contribution in [-0.2, 0) is 0 Å². The van der Waals surface area contributed by atoms with Gasteiger partial charge in [0.2, 0.25) is 0 Å². The highest BCUT2D eigenvalue weighted by Crippen LogP contribution is 2.23. The molecule has 0 aliphatic heterocycles. The number of benzene rings is 1. The van der Waals surface area contributed by atoms with E-state index in [1.807, 2.05) is 26.8 Å². The smallest absolute Gasteiger partial charge is 0.362 e. The van der Waals surface area contributed by atoms with E-state index in [1.54, 1.807) is 18.2 Å². The average molecular weight is 245 g/mol. The third-order valence-electron chi connectivity index (χ3n) is 2.56. The summed E-state index contributed by atoms with van der Waals surface area (Å²) >= 11 is 0. The van der Waals surface area contributed by atoms with Gasteiger partial charge in [-0.15, -0.1) is 0 Å². The van der Waals surface area contributed by atoms with E-state index in [0.717, 1.165) is 0 Å². The molecule has 2 aromatic rings. The Morgan fingerprint density at radius 1 is 1.33 bits per heavy atom. The number of aromatic nitrogens is 1. The first-order chi connectivity index (χ1) is 8.38. The topological polar surface area (TPSA) is 63.3 Å². The first-order valence-corrected chi connectivity index (χ1v) is 5.69. The van der Waals surface area contributed by atoms with Crippen molar-refractivity contribution in [2.75, 3.05) is 0 Å². The summed E-state index contributed by atoms with van der Waals surface area (Å²) in [5.74, 6) is 0.0950. The number of fused-ring (bicyclic) bond motifs is 1. The Labute approximate surface area is 105 Å². The molecule has 0 fully saturated rings. The third-order valence-corrected chi connectivity index (χ3v) is 2.56. The highest BCUT2D eigenvalue weighted by atomic mass is 16.4. The zero-order chi connectivity index (χ0) is 13.3. The molecule has 0 aliphatic rings. The Morgan fingerprint density at radius 2 is 2.00 bits per heavy atom. The Kier molecular flexibility index (Phi) is 2.95. The molecule has 1 heterocycles. The molecule has 94 valence electrons. The molecule has 18 heavy (non-hydrogen) atoms. The van der Waals surface area contributed by atoms with Gasteiger partial charge in [-0.2, -0.15) is 0 Å². The molecule has 1 N–H and O–H groups in total. The quantitative estimate of drug-likeness (QED) is 0.784. The molecule has 0 amide bonds. The van der Waals surface area contributed by atoms with Crippen molar-refractivity contribution in [1.29, 1.82) is 0 Å². The molecule has 0 radical (unpaired) electrons. The maximum absolute atomic E-state index is 11.7.